The van der Waals surface area contributed by atoms with Crippen LogP contribution in [0.4, 0.5) is 0 Å². The van der Waals surface area contributed by atoms with Gasteiger partial charge in [0, 0.05) is 0 Å². The topological polar surface area (TPSA) is 94.3 Å². The molecule has 5 N–H and O–H groups in total. The van der Waals surface area contributed by atoms with Gasteiger partial charge in [-0.1, -0.05) is 0 Å². The molecule has 1 rings (SSSR count). The van der Waals surface area contributed by atoms with Crippen molar-refractivity contribution in [2.45, 2.75) is 13.0 Å². The molecule has 5 nitrogen and oxygen atoms in total. The Morgan fingerprint density at radius 2 is 2.33 bits per heavy atom. The second-order valence-electron chi connectivity index (χ2n) is 2.43. The third-order valence-corrected chi connectivity index (χ3v) is 1.49. The summed E-state index contributed by atoms with van der Waals surface area (Å²) in [6.07, 6.45) is 0. The first kappa shape index (κ1) is 8.76. The monoisotopic (exact) mass is 169 g/mol. The molecule has 1 amide bonds. The van der Waals surface area contributed by atoms with Gasteiger partial charge in [-0.2, -0.15) is 0 Å². The van der Waals surface area contributed by atoms with Gasteiger partial charge in [-0.3, -0.25) is 10.2 Å². The number of nitrogens with two attached hydrogens (primary N) is 2. The number of hydrogen-bond acceptors (Lipinski definition) is 4. The fraction of sp³-hybridized carbons (Fsp3) is 0.286. The third-order valence-electron chi connectivity index (χ3n) is 1.49. The lowest BCUT2D eigenvalue weighted by atomic mass is 10.2. The number of rotatable bonds is 2. The van der Waals surface area contributed by atoms with E-state index in [0.717, 1.165) is 0 Å². The second kappa shape index (κ2) is 3.38. The van der Waals surface area contributed by atoms with Crippen LogP contribution in [0.3, 0.4) is 0 Å². The van der Waals surface area contributed by atoms with Gasteiger partial charge in [-0.15, -0.1) is 0 Å². The van der Waals surface area contributed by atoms with Gasteiger partial charge in [-0.05, 0) is 19.1 Å². The minimum Gasteiger partial charge on any atom is -0.464 e. The Kier molecular flexibility index (Phi) is 2.47. The van der Waals surface area contributed by atoms with Gasteiger partial charge in [-0.25, -0.2) is 5.84 Å². The van der Waals surface area contributed by atoms with Crippen molar-refractivity contribution in [1.82, 2.24) is 5.43 Å². The number of aryl methyl sites for hydroxylation is 1. The maximum Gasteiger partial charge on any atom is 0.258 e. The van der Waals surface area contributed by atoms with Crippen molar-refractivity contribution in [2.24, 2.45) is 11.6 Å². The number of nitrogens with one attached hydrogen (secondary N) is 1. The molecule has 12 heavy (non-hydrogen) atoms. The highest BCUT2D eigenvalue weighted by molar-refractivity contribution is 5.81. The fourth-order valence-corrected chi connectivity index (χ4v) is 0.840. The van der Waals surface area contributed by atoms with Gasteiger partial charge in [0.2, 0.25) is 0 Å². The molecule has 1 aromatic heterocycles. The molecule has 0 aliphatic rings. The van der Waals surface area contributed by atoms with Crippen LogP contribution in [0.25, 0.3) is 0 Å². The minimum absolute atomic E-state index is 0.412. The predicted octanol–water partition coefficient (Wildman–Crippen LogP) is -0.422. The van der Waals surface area contributed by atoms with Crippen molar-refractivity contribution in [2.75, 3.05) is 0 Å². The molecular weight excluding hydrogens is 158 g/mol. The Morgan fingerprint density at radius 3 is 2.75 bits per heavy atom. The van der Waals surface area contributed by atoms with Crippen molar-refractivity contribution in [3.8, 4) is 0 Å². The molecule has 0 aliphatic carbocycles. The molecule has 1 aromatic rings. The highest BCUT2D eigenvalue weighted by Gasteiger charge is 2.17. The first-order chi connectivity index (χ1) is 5.65. The summed E-state index contributed by atoms with van der Waals surface area (Å²) >= 11 is 0. The van der Waals surface area contributed by atoms with Crippen LogP contribution in [0.1, 0.15) is 17.6 Å². The smallest absolute Gasteiger partial charge is 0.258 e. The van der Waals surface area contributed by atoms with Crippen molar-refractivity contribution in [3.05, 3.63) is 23.7 Å². The number of hydrazine groups is 1. The van der Waals surface area contributed by atoms with E-state index >= 15 is 0 Å². The molecule has 5 heteroatoms. The third kappa shape index (κ3) is 1.63. The minimum atomic E-state index is -0.830. The highest BCUT2D eigenvalue weighted by atomic mass is 16.3. The number of carbonyl (C=O) groups is 1. The summed E-state index contributed by atoms with van der Waals surface area (Å²) < 4.78 is 5.13. The lowest BCUT2D eigenvalue weighted by Gasteiger charge is -2.05. The van der Waals surface area contributed by atoms with Crippen LogP contribution in [0, 0.1) is 6.92 Å². The van der Waals surface area contributed by atoms with Crippen molar-refractivity contribution in [1.29, 1.82) is 0 Å². The molecule has 1 atom stereocenters. The molecule has 0 saturated carbocycles. The second-order valence-corrected chi connectivity index (χ2v) is 2.43. The van der Waals surface area contributed by atoms with Gasteiger partial charge in [0.15, 0.2) is 0 Å². The van der Waals surface area contributed by atoms with Crippen molar-refractivity contribution < 1.29 is 9.21 Å². The van der Waals surface area contributed by atoms with E-state index in [4.69, 9.17) is 16.0 Å². The summed E-state index contributed by atoms with van der Waals surface area (Å²) in [5.41, 5.74) is 7.43. The molecule has 0 saturated heterocycles. The molecule has 0 fully saturated rings. The van der Waals surface area contributed by atoms with Crippen LogP contribution in [-0.4, -0.2) is 5.91 Å². The maximum absolute atomic E-state index is 10.9. The number of furan rings is 1. The standard InChI is InChI=1S/C7H11N3O2/c1-4-2-3-5(12-4)6(8)7(11)10-9/h2-3,6H,8-9H2,1H3,(H,10,11). The summed E-state index contributed by atoms with van der Waals surface area (Å²) in [5, 5.41) is 0. The van der Waals surface area contributed by atoms with E-state index in [2.05, 4.69) is 0 Å². The van der Waals surface area contributed by atoms with Crippen LogP contribution in [-0.2, 0) is 4.79 Å². The highest BCUT2D eigenvalue weighted by Crippen LogP contribution is 2.13. The van der Waals surface area contributed by atoms with E-state index in [1.165, 1.54) is 0 Å². The molecule has 0 aromatic carbocycles. The van der Waals surface area contributed by atoms with E-state index in [1.54, 1.807) is 19.1 Å². The Labute approximate surface area is 69.7 Å². The van der Waals surface area contributed by atoms with Crippen LogP contribution < -0.4 is 17.0 Å². The molecule has 1 heterocycles. The number of carbonyl (C=O) groups excluding carboxylic acids is 1. The van der Waals surface area contributed by atoms with Gasteiger partial charge in [0.25, 0.3) is 5.91 Å². The molecule has 0 aliphatic heterocycles. The molecule has 0 radical (unpaired) electrons. The molecule has 1 unspecified atom stereocenters. The molecule has 66 valence electrons. The predicted molar refractivity (Wildman–Crippen MR) is 42.7 cm³/mol. The first-order valence-corrected chi connectivity index (χ1v) is 3.47. The zero-order valence-corrected chi connectivity index (χ0v) is 6.70. The zero-order chi connectivity index (χ0) is 9.14. The lowest BCUT2D eigenvalue weighted by Crippen LogP contribution is -2.38. The zero-order valence-electron chi connectivity index (χ0n) is 6.70. The Balaban J connectivity index is 2.77. The van der Waals surface area contributed by atoms with Gasteiger partial charge in [0.1, 0.15) is 17.6 Å². The Morgan fingerprint density at radius 1 is 1.67 bits per heavy atom. The van der Waals surface area contributed by atoms with E-state index < -0.39 is 11.9 Å². The largest absolute Gasteiger partial charge is 0.464 e. The summed E-state index contributed by atoms with van der Waals surface area (Å²) in [7, 11) is 0. The normalized spacial score (nSPS) is 12.6. The first-order valence-electron chi connectivity index (χ1n) is 3.47. The summed E-state index contributed by atoms with van der Waals surface area (Å²) in [6, 6.07) is 2.55. The lowest BCUT2D eigenvalue weighted by molar-refractivity contribution is -0.122. The molecule has 0 spiro atoms. The summed E-state index contributed by atoms with van der Waals surface area (Å²) in [5.74, 6) is 5.55. The van der Waals surface area contributed by atoms with Crippen LogP contribution in [0.5, 0.6) is 0 Å². The SMILES string of the molecule is Cc1ccc(C(N)C(=O)NN)o1. The summed E-state index contributed by atoms with van der Waals surface area (Å²) in [4.78, 5) is 10.9. The average molecular weight is 169 g/mol. The number of hydrogen-bond donors (Lipinski definition) is 3. The van der Waals surface area contributed by atoms with Crippen LogP contribution in [0.15, 0.2) is 16.5 Å². The number of amides is 1. The van der Waals surface area contributed by atoms with Crippen LogP contribution in [0.2, 0.25) is 0 Å². The van der Waals surface area contributed by atoms with E-state index in [-0.39, 0.29) is 0 Å². The van der Waals surface area contributed by atoms with Gasteiger partial charge < -0.3 is 10.2 Å². The van der Waals surface area contributed by atoms with Crippen LogP contribution >= 0.6 is 0 Å². The van der Waals surface area contributed by atoms with E-state index in [1.807, 2.05) is 5.43 Å². The van der Waals surface area contributed by atoms with E-state index in [9.17, 15) is 4.79 Å². The van der Waals surface area contributed by atoms with Crippen molar-refractivity contribution >= 4 is 5.91 Å². The molecular formula is C7H11N3O2. The van der Waals surface area contributed by atoms with Gasteiger partial charge in [0.05, 0.1) is 0 Å². The average Bonchev–Trinajstić information content (AvgIpc) is 2.49. The van der Waals surface area contributed by atoms with Crippen molar-refractivity contribution in [3.63, 3.8) is 0 Å². The quantitative estimate of drug-likeness (QED) is 0.318. The Hall–Kier alpha value is -1.33. The fourth-order valence-electron chi connectivity index (χ4n) is 0.840. The molecule has 0 bridgehead atoms. The Bertz CT molecular complexity index is 282. The van der Waals surface area contributed by atoms with Gasteiger partial charge >= 0.3 is 0 Å². The van der Waals surface area contributed by atoms with E-state index in [0.29, 0.717) is 11.5 Å². The summed E-state index contributed by atoms with van der Waals surface area (Å²) in [6.45, 7) is 1.77. The maximum atomic E-state index is 10.9.